The molecule has 11 heteroatoms. The van der Waals surface area contributed by atoms with Crippen LogP contribution in [0.2, 0.25) is 5.02 Å². The molecule has 0 radical (unpaired) electrons. The highest BCUT2D eigenvalue weighted by Crippen LogP contribution is 2.30. The zero-order valence-electron chi connectivity index (χ0n) is 22.5. The van der Waals surface area contributed by atoms with Crippen molar-refractivity contribution in [2.75, 3.05) is 24.2 Å². The van der Waals surface area contributed by atoms with Gasteiger partial charge in [-0.15, -0.1) is 0 Å². The monoisotopic (exact) mass is 569 g/mol. The van der Waals surface area contributed by atoms with Gasteiger partial charge in [0, 0.05) is 25.6 Å². The first kappa shape index (κ1) is 31.4. The first-order chi connectivity index (χ1) is 17.9. The van der Waals surface area contributed by atoms with Gasteiger partial charge >= 0.3 is 0 Å². The fraction of sp³-hybridized carbons (Fsp3) is 0.481. The summed E-state index contributed by atoms with van der Waals surface area (Å²) in [6.45, 7) is 5.83. The second-order valence-corrected chi connectivity index (χ2v) is 11.5. The van der Waals surface area contributed by atoms with Crippen LogP contribution in [0.5, 0.6) is 5.75 Å². The Labute approximate surface area is 230 Å². The summed E-state index contributed by atoms with van der Waals surface area (Å²) in [6.07, 6.45) is 2.42. The molecule has 2 aromatic rings. The number of anilines is 1. The third kappa shape index (κ3) is 8.87. The van der Waals surface area contributed by atoms with Crippen molar-refractivity contribution in [1.29, 1.82) is 0 Å². The lowest BCUT2D eigenvalue weighted by Gasteiger charge is -2.32. The minimum atomic E-state index is -3.67. The lowest BCUT2D eigenvalue weighted by molar-refractivity contribution is -0.141. The van der Waals surface area contributed by atoms with Gasteiger partial charge in [-0.1, -0.05) is 37.6 Å². The van der Waals surface area contributed by atoms with Crippen LogP contribution < -0.4 is 14.4 Å². The minimum Gasteiger partial charge on any atom is -0.495 e. The molecule has 0 unspecified atom stereocenters. The summed E-state index contributed by atoms with van der Waals surface area (Å²) >= 11 is 6.19. The average molecular weight is 570 g/mol. The summed E-state index contributed by atoms with van der Waals surface area (Å²) in [5.74, 6) is -0.547. The van der Waals surface area contributed by atoms with Crippen molar-refractivity contribution in [3.8, 4) is 5.75 Å². The Morgan fingerprint density at radius 3 is 2.29 bits per heavy atom. The quantitative estimate of drug-likeness (QED) is 0.354. The summed E-state index contributed by atoms with van der Waals surface area (Å²) in [7, 11) is -2.20. The molecule has 2 rings (SSSR count). The fourth-order valence-corrected chi connectivity index (χ4v) is 5.17. The van der Waals surface area contributed by atoms with Crippen molar-refractivity contribution in [2.24, 2.45) is 0 Å². The molecule has 0 aromatic heterocycles. The van der Waals surface area contributed by atoms with E-state index in [9.17, 15) is 22.4 Å². The summed E-state index contributed by atoms with van der Waals surface area (Å²) in [5, 5.41) is 3.20. The number of halogens is 2. The number of sulfonamides is 1. The van der Waals surface area contributed by atoms with Crippen molar-refractivity contribution in [3.63, 3.8) is 0 Å². The van der Waals surface area contributed by atoms with E-state index in [2.05, 4.69) is 5.32 Å². The Morgan fingerprint density at radius 1 is 1.11 bits per heavy atom. The highest BCUT2D eigenvalue weighted by atomic mass is 35.5. The highest BCUT2D eigenvalue weighted by molar-refractivity contribution is 7.92. The van der Waals surface area contributed by atoms with Crippen LogP contribution in [0, 0.1) is 5.82 Å². The topological polar surface area (TPSA) is 96.0 Å². The number of hydrogen-bond acceptors (Lipinski definition) is 5. The van der Waals surface area contributed by atoms with Crippen LogP contribution in [-0.2, 0) is 26.2 Å². The molecule has 0 spiro atoms. The summed E-state index contributed by atoms with van der Waals surface area (Å²) in [5.41, 5.74) is 1.04. The molecule has 2 amide bonds. The highest BCUT2D eigenvalue weighted by Gasteiger charge is 2.29. The van der Waals surface area contributed by atoms with Gasteiger partial charge in [0.05, 0.1) is 24.1 Å². The molecule has 2 aromatic carbocycles. The number of hydrogen-bond donors (Lipinski definition) is 1. The van der Waals surface area contributed by atoms with Gasteiger partial charge in [-0.3, -0.25) is 13.9 Å². The number of benzene rings is 2. The number of ether oxygens (including phenoxy) is 1. The Hall–Kier alpha value is -2.85. The molecule has 0 bridgehead atoms. The zero-order valence-corrected chi connectivity index (χ0v) is 24.1. The molecule has 8 nitrogen and oxygen atoms in total. The van der Waals surface area contributed by atoms with Crippen molar-refractivity contribution < 1.29 is 27.1 Å². The number of methoxy groups -OCH3 is 1. The summed E-state index contributed by atoms with van der Waals surface area (Å²) < 4.78 is 44.8. The number of nitrogens with zero attached hydrogens (tertiary/aromatic N) is 2. The van der Waals surface area contributed by atoms with Crippen molar-refractivity contribution >= 4 is 39.1 Å². The van der Waals surface area contributed by atoms with E-state index in [-0.39, 0.29) is 48.8 Å². The number of nitrogens with one attached hydrogen (secondary N) is 1. The molecule has 0 heterocycles. The number of rotatable bonds is 14. The van der Waals surface area contributed by atoms with Gasteiger partial charge in [-0.25, -0.2) is 12.8 Å². The Bertz CT molecular complexity index is 1190. The molecule has 0 aliphatic rings. The number of amides is 2. The lowest BCUT2D eigenvalue weighted by Crippen LogP contribution is -2.50. The van der Waals surface area contributed by atoms with Gasteiger partial charge in [-0.05, 0) is 62.1 Å². The molecule has 0 fully saturated rings. The SMILES string of the molecule is CC[C@@H](C)NC(=O)[C@H](CC)N(Cc1ccc(F)cc1)C(=O)CCCN(c1ccc(OC)c(Cl)c1)S(C)(=O)=O. The van der Waals surface area contributed by atoms with Gasteiger partial charge in [0.1, 0.15) is 17.6 Å². The van der Waals surface area contributed by atoms with Crippen LogP contribution in [0.1, 0.15) is 52.0 Å². The van der Waals surface area contributed by atoms with Crippen LogP contribution in [0.15, 0.2) is 42.5 Å². The predicted molar refractivity (Wildman–Crippen MR) is 148 cm³/mol. The van der Waals surface area contributed by atoms with Crippen molar-refractivity contribution in [2.45, 2.75) is 65.1 Å². The van der Waals surface area contributed by atoms with Gasteiger partial charge in [0.15, 0.2) is 0 Å². The van der Waals surface area contributed by atoms with E-state index in [1.54, 1.807) is 24.3 Å². The largest absolute Gasteiger partial charge is 0.495 e. The zero-order chi connectivity index (χ0) is 28.5. The predicted octanol–water partition coefficient (Wildman–Crippen LogP) is 4.76. The Morgan fingerprint density at radius 2 is 1.76 bits per heavy atom. The summed E-state index contributed by atoms with van der Waals surface area (Å²) in [4.78, 5) is 28.0. The molecule has 0 saturated carbocycles. The van der Waals surface area contributed by atoms with Crippen molar-refractivity contribution in [3.05, 3.63) is 58.9 Å². The first-order valence-corrected chi connectivity index (χ1v) is 14.8. The van der Waals surface area contributed by atoms with Gasteiger partial charge in [0.2, 0.25) is 21.8 Å². The molecule has 0 aliphatic heterocycles. The van der Waals surface area contributed by atoms with E-state index < -0.39 is 21.9 Å². The molecule has 210 valence electrons. The molecular formula is C27H37ClFN3O5S. The molecule has 0 saturated heterocycles. The second-order valence-electron chi connectivity index (χ2n) is 9.15. The fourth-order valence-electron chi connectivity index (χ4n) is 3.96. The number of carbonyl (C=O) groups is 2. The third-order valence-electron chi connectivity index (χ3n) is 6.23. The van der Waals surface area contributed by atoms with Gasteiger partial charge in [-0.2, -0.15) is 0 Å². The first-order valence-electron chi connectivity index (χ1n) is 12.6. The normalized spacial score (nSPS) is 12.9. The average Bonchev–Trinajstić information content (AvgIpc) is 2.86. The van der Waals surface area contributed by atoms with Crippen LogP contribution in [-0.4, -0.2) is 57.1 Å². The van der Waals surface area contributed by atoms with Crippen LogP contribution in [0.4, 0.5) is 10.1 Å². The smallest absolute Gasteiger partial charge is 0.243 e. The lowest BCUT2D eigenvalue weighted by atomic mass is 10.1. The molecule has 1 N–H and O–H groups in total. The Balaban J connectivity index is 2.24. The maximum atomic E-state index is 13.5. The Kier molecular flexibility index (Phi) is 11.8. The van der Waals surface area contributed by atoms with E-state index in [4.69, 9.17) is 16.3 Å². The van der Waals surface area contributed by atoms with E-state index in [0.717, 1.165) is 12.7 Å². The maximum Gasteiger partial charge on any atom is 0.243 e. The van der Waals surface area contributed by atoms with Crippen LogP contribution >= 0.6 is 11.6 Å². The third-order valence-corrected chi connectivity index (χ3v) is 7.72. The maximum absolute atomic E-state index is 13.5. The van der Waals surface area contributed by atoms with E-state index in [1.165, 1.54) is 34.5 Å². The van der Waals surface area contributed by atoms with Gasteiger partial charge in [0.25, 0.3) is 0 Å². The molecular weight excluding hydrogens is 533 g/mol. The minimum absolute atomic E-state index is 0.00418. The van der Waals surface area contributed by atoms with Gasteiger partial charge < -0.3 is 15.0 Å². The van der Waals surface area contributed by atoms with E-state index in [1.807, 2.05) is 20.8 Å². The number of carbonyl (C=O) groups excluding carboxylic acids is 2. The van der Waals surface area contributed by atoms with Crippen LogP contribution in [0.3, 0.4) is 0 Å². The molecule has 0 aliphatic carbocycles. The molecule has 38 heavy (non-hydrogen) atoms. The van der Waals surface area contributed by atoms with E-state index >= 15 is 0 Å². The second kappa shape index (κ2) is 14.3. The van der Waals surface area contributed by atoms with E-state index in [0.29, 0.717) is 23.4 Å². The van der Waals surface area contributed by atoms with Crippen molar-refractivity contribution in [1.82, 2.24) is 10.2 Å². The summed E-state index contributed by atoms with van der Waals surface area (Å²) in [6, 6.07) is 9.64. The molecule has 2 atom stereocenters. The van der Waals surface area contributed by atoms with Crippen LogP contribution in [0.25, 0.3) is 0 Å². The standard InChI is InChI=1S/C27H37ClFN3O5S/c1-6-19(3)30-27(34)24(7-2)31(18-20-10-12-21(29)13-11-20)26(33)9-8-16-32(38(5,35)36)22-14-15-25(37-4)23(28)17-22/h10-15,17,19,24H,6-9,16,18H2,1-5H3,(H,30,34)/t19-,24+/m1/s1.